The molecule has 0 radical (unpaired) electrons. The highest BCUT2D eigenvalue weighted by molar-refractivity contribution is 9.10. The largest absolute Gasteiger partial charge is 0.443 e. The molecule has 1 aliphatic heterocycles. The Morgan fingerprint density at radius 2 is 1.90 bits per heavy atom. The number of allylic oxidation sites excluding steroid dienone is 2. The molecule has 0 saturated carbocycles. The zero-order valence-corrected chi connectivity index (χ0v) is 13.5. The van der Waals surface area contributed by atoms with Gasteiger partial charge < -0.3 is 4.74 Å². The third-order valence-electron chi connectivity index (χ3n) is 2.75. The quantitative estimate of drug-likeness (QED) is 0.750. The van der Waals surface area contributed by atoms with E-state index >= 15 is 0 Å². The Morgan fingerprint density at radius 3 is 2.40 bits per heavy atom. The van der Waals surface area contributed by atoms with E-state index in [9.17, 15) is 4.79 Å². The van der Waals surface area contributed by atoms with E-state index in [1.165, 1.54) is 0 Å². The van der Waals surface area contributed by atoms with Crippen molar-refractivity contribution in [1.82, 2.24) is 4.90 Å². The fourth-order valence-corrected chi connectivity index (χ4v) is 2.07. The lowest BCUT2D eigenvalue weighted by molar-refractivity contribution is 0.0351. The van der Waals surface area contributed by atoms with Crippen LogP contribution >= 0.6 is 15.9 Å². The Hall–Kier alpha value is -1.55. The van der Waals surface area contributed by atoms with Crippen molar-refractivity contribution in [3.63, 3.8) is 0 Å². The second-order valence-corrected chi connectivity index (χ2v) is 6.53. The number of amides is 1. The lowest BCUT2D eigenvalue weighted by Crippen LogP contribution is -2.34. The van der Waals surface area contributed by atoms with Crippen LogP contribution in [0.4, 0.5) is 4.79 Å². The average molecular weight is 336 g/mol. The highest BCUT2D eigenvalue weighted by atomic mass is 79.9. The summed E-state index contributed by atoms with van der Waals surface area (Å²) in [5.41, 5.74) is 1.77. The summed E-state index contributed by atoms with van der Waals surface area (Å²) in [6, 6.07) is 8.10. The molecule has 106 valence electrons. The Labute approximate surface area is 128 Å². The van der Waals surface area contributed by atoms with Crippen molar-refractivity contribution in [3.05, 3.63) is 52.7 Å². The van der Waals surface area contributed by atoms with Gasteiger partial charge in [-0.05, 0) is 50.1 Å². The summed E-state index contributed by atoms with van der Waals surface area (Å²) in [5, 5.41) is 0. The van der Waals surface area contributed by atoms with E-state index in [1.807, 2.05) is 57.2 Å². The fraction of sp³-hybridized carbons (Fsp3) is 0.312. The smallest absolute Gasteiger partial charge is 0.414 e. The topological polar surface area (TPSA) is 29.5 Å². The Kier molecular flexibility index (Phi) is 4.33. The molecule has 0 N–H and O–H groups in total. The van der Waals surface area contributed by atoms with Crippen LogP contribution in [0.3, 0.4) is 0 Å². The van der Waals surface area contributed by atoms with Gasteiger partial charge in [-0.1, -0.05) is 34.1 Å². The summed E-state index contributed by atoms with van der Waals surface area (Å²) in [5.74, 6) is 0. The first-order valence-electron chi connectivity index (χ1n) is 6.49. The maximum atomic E-state index is 11.9. The highest BCUT2D eigenvalue weighted by Crippen LogP contribution is 2.22. The van der Waals surface area contributed by atoms with Gasteiger partial charge in [0.1, 0.15) is 5.60 Å². The molecule has 1 aromatic carbocycles. The standard InChI is InChI=1S/C16H18BrNO2/c1-16(2,3)20-15(19)18-10-8-13(9-11-18)12-4-6-14(17)7-5-12/h4-10H,11H2,1-3H3. The number of hydrogen-bond acceptors (Lipinski definition) is 2. The number of ether oxygens (including phenoxy) is 1. The second-order valence-electron chi connectivity index (χ2n) is 5.61. The molecule has 2 rings (SSSR count). The number of rotatable bonds is 1. The van der Waals surface area contributed by atoms with Crippen molar-refractivity contribution in [2.24, 2.45) is 0 Å². The van der Waals surface area contributed by atoms with E-state index in [0.29, 0.717) is 6.54 Å². The molecular weight excluding hydrogens is 318 g/mol. The minimum absolute atomic E-state index is 0.320. The Balaban J connectivity index is 2.03. The van der Waals surface area contributed by atoms with Gasteiger partial charge in [0.05, 0.1) is 0 Å². The van der Waals surface area contributed by atoms with Gasteiger partial charge in [-0.2, -0.15) is 0 Å². The molecule has 0 unspecified atom stereocenters. The van der Waals surface area contributed by atoms with Crippen LogP contribution in [-0.2, 0) is 4.74 Å². The third kappa shape index (κ3) is 3.97. The van der Waals surface area contributed by atoms with Gasteiger partial charge in [0.25, 0.3) is 0 Å². The minimum Gasteiger partial charge on any atom is -0.443 e. The van der Waals surface area contributed by atoms with Gasteiger partial charge in [0.2, 0.25) is 0 Å². The summed E-state index contributed by atoms with van der Waals surface area (Å²) in [7, 11) is 0. The maximum absolute atomic E-state index is 11.9. The summed E-state index contributed by atoms with van der Waals surface area (Å²) < 4.78 is 6.39. The summed E-state index contributed by atoms with van der Waals surface area (Å²) in [6.07, 6.45) is 5.40. The minimum atomic E-state index is -0.472. The normalized spacial score (nSPS) is 15.0. The van der Waals surface area contributed by atoms with E-state index in [1.54, 1.807) is 11.1 Å². The van der Waals surface area contributed by atoms with Gasteiger partial charge in [0.15, 0.2) is 0 Å². The van der Waals surface area contributed by atoms with Crippen molar-refractivity contribution < 1.29 is 9.53 Å². The number of hydrogen-bond donors (Lipinski definition) is 0. The second kappa shape index (κ2) is 5.83. The molecule has 3 nitrogen and oxygen atoms in total. The van der Waals surface area contributed by atoms with Gasteiger partial charge in [-0.3, -0.25) is 4.90 Å². The molecule has 4 heteroatoms. The van der Waals surface area contributed by atoms with Crippen LogP contribution in [0.25, 0.3) is 5.57 Å². The van der Waals surface area contributed by atoms with Crippen LogP contribution in [0.1, 0.15) is 26.3 Å². The molecule has 0 saturated heterocycles. The van der Waals surface area contributed by atoms with Crippen LogP contribution in [-0.4, -0.2) is 23.1 Å². The first-order valence-corrected chi connectivity index (χ1v) is 7.28. The van der Waals surface area contributed by atoms with Crippen LogP contribution in [0.2, 0.25) is 0 Å². The molecule has 0 bridgehead atoms. The lowest BCUT2D eigenvalue weighted by Gasteiger charge is -2.26. The molecule has 0 fully saturated rings. The third-order valence-corrected chi connectivity index (χ3v) is 3.28. The highest BCUT2D eigenvalue weighted by Gasteiger charge is 2.21. The number of carbonyl (C=O) groups is 1. The number of nitrogens with zero attached hydrogens (tertiary/aromatic N) is 1. The zero-order valence-electron chi connectivity index (χ0n) is 11.9. The van der Waals surface area contributed by atoms with Gasteiger partial charge in [-0.25, -0.2) is 4.79 Å². The van der Waals surface area contributed by atoms with E-state index in [0.717, 1.165) is 15.6 Å². The molecule has 0 aromatic heterocycles. The lowest BCUT2D eigenvalue weighted by atomic mass is 10.0. The predicted octanol–water partition coefficient (Wildman–Crippen LogP) is 4.60. The van der Waals surface area contributed by atoms with Crippen molar-refractivity contribution >= 4 is 27.6 Å². The monoisotopic (exact) mass is 335 g/mol. The van der Waals surface area contributed by atoms with Gasteiger partial charge in [0, 0.05) is 17.2 Å². The van der Waals surface area contributed by atoms with Crippen LogP contribution in [0.5, 0.6) is 0 Å². The first kappa shape index (κ1) is 14.9. The maximum Gasteiger partial charge on any atom is 0.414 e. The predicted molar refractivity (Wildman–Crippen MR) is 84.2 cm³/mol. The average Bonchev–Trinajstić information content (AvgIpc) is 2.38. The number of carbonyl (C=O) groups excluding carboxylic acids is 1. The van der Waals surface area contributed by atoms with Gasteiger partial charge in [-0.15, -0.1) is 0 Å². The van der Waals surface area contributed by atoms with Crippen molar-refractivity contribution in [2.45, 2.75) is 26.4 Å². The van der Waals surface area contributed by atoms with Crippen molar-refractivity contribution in [3.8, 4) is 0 Å². The molecule has 1 aromatic rings. The number of benzene rings is 1. The van der Waals surface area contributed by atoms with Crippen LogP contribution in [0, 0.1) is 0 Å². The van der Waals surface area contributed by atoms with E-state index in [-0.39, 0.29) is 6.09 Å². The molecule has 20 heavy (non-hydrogen) atoms. The first-order chi connectivity index (χ1) is 9.35. The summed E-state index contributed by atoms with van der Waals surface area (Å²) in [6.45, 7) is 6.11. The summed E-state index contributed by atoms with van der Waals surface area (Å²) in [4.78, 5) is 13.5. The zero-order chi connectivity index (χ0) is 14.8. The van der Waals surface area contributed by atoms with Crippen LogP contribution < -0.4 is 0 Å². The molecular formula is C16H18BrNO2. The number of halogens is 1. The van der Waals surface area contributed by atoms with E-state index < -0.39 is 5.60 Å². The Bertz CT molecular complexity index is 553. The van der Waals surface area contributed by atoms with Gasteiger partial charge >= 0.3 is 6.09 Å². The SMILES string of the molecule is CC(C)(C)OC(=O)N1C=CC(c2ccc(Br)cc2)=CC1. The van der Waals surface area contributed by atoms with Crippen molar-refractivity contribution in [1.29, 1.82) is 0 Å². The fourth-order valence-electron chi connectivity index (χ4n) is 1.81. The molecule has 1 aliphatic rings. The molecule has 0 spiro atoms. The molecule has 0 atom stereocenters. The Morgan fingerprint density at radius 1 is 1.25 bits per heavy atom. The molecule has 1 amide bonds. The van der Waals surface area contributed by atoms with E-state index in [4.69, 9.17) is 4.74 Å². The molecule has 1 heterocycles. The summed E-state index contributed by atoms with van der Waals surface area (Å²) >= 11 is 3.42. The molecule has 0 aliphatic carbocycles. The van der Waals surface area contributed by atoms with Crippen molar-refractivity contribution in [2.75, 3.05) is 6.54 Å². The van der Waals surface area contributed by atoms with Crippen LogP contribution in [0.15, 0.2) is 47.1 Å². The van der Waals surface area contributed by atoms with E-state index in [2.05, 4.69) is 15.9 Å².